The van der Waals surface area contributed by atoms with Gasteiger partial charge in [-0.05, 0) is 18.2 Å². The molecule has 0 radical (unpaired) electrons. The molecule has 2 aromatic rings. The molecule has 1 aromatic heterocycles. The monoisotopic (exact) mass is 230 g/mol. The normalized spacial score (nSPS) is 9.65. The lowest BCUT2D eigenvalue weighted by molar-refractivity contribution is 0.438. The number of aromatic nitrogens is 2. The Labute approximate surface area is 96.3 Å². The van der Waals surface area contributed by atoms with Gasteiger partial charge in [0, 0.05) is 0 Å². The summed E-state index contributed by atoms with van der Waals surface area (Å²) in [5.74, 6) is -0.235. The molecule has 17 heavy (non-hydrogen) atoms. The van der Waals surface area contributed by atoms with Gasteiger partial charge in [-0.3, -0.25) is 0 Å². The van der Waals surface area contributed by atoms with Crippen LogP contribution in [0, 0.1) is 17.1 Å². The van der Waals surface area contributed by atoms with Gasteiger partial charge in [0.2, 0.25) is 0 Å². The summed E-state index contributed by atoms with van der Waals surface area (Å²) in [6.07, 6.45) is 1.98. The van der Waals surface area contributed by atoms with Crippen molar-refractivity contribution in [2.24, 2.45) is 0 Å². The van der Waals surface area contributed by atoms with Crippen molar-refractivity contribution >= 4 is 5.69 Å². The van der Waals surface area contributed by atoms with Gasteiger partial charge in [-0.15, -0.1) is 0 Å². The van der Waals surface area contributed by atoms with E-state index in [1.165, 1.54) is 12.1 Å². The second-order valence-corrected chi connectivity index (χ2v) is 3.15. The van der Waals surface area contributed by atoms with Crippen LogP contribution in [0.15, 0.2) is 30.6 Å². The molecular formula is C11H7FN4O. The highest BCUT2D eigenvalue weighted by Gasteiger charge is 2.05. The largest absolute Gasteiger partial charge is 0.422 e. The summed E-state index contributed by atoms with van der Waals surface area (Å²) in [7, 11) is 0. The Bertz CT molecular complexity index is 577. The average molecular weight is 230 g/mol. The van der Waals surface area contributed by atoms with Gasteiger partial charge < -0.3 is 10.5 Å². The van der Waals surface area contributed by atoms with Gasteiger partial charge in [0.1, 0.15) is 0 Å². The topological polar surface area (TPSA) is 84.8 Å². The van der Waals surface area contributed by atoms with E-state index in [2.05, 4.69) is 9.97 Å². The first kappa shape index (κ1) is 10.8. The number of benzene rings is 1. The van der Waals surface area contributed by atoms with Crippen LogP contribution >= 0.6 is 0 Å². The number of hydrogen-bond acceptors (Lipinski definition) is 5. The summed E-state index contributed by atoms with van der Waals surface area (Å²) in [6.45, 7) is 0. The number of halogens is 1. The number of nitrogen functional groups attached to an aromatic ring is 1. The van der Waals surface area contributed by atoms with Crippen LogP contribution in [0.25, 0.3) is 0 Å². The molecule has 0 fully saturated rings. The summed E-state index contributed by atoms with van der Waals surface area (Å²) >= 11 is 0. The van der Waals surface area contributed by atoms with E-state index >= 15 is 0 Å². The number of nitrogens with zero attached hydrogens (tertiary/aromatic N) is 3. The average Bonchev–Trinajstić information content (AvgIpc) is 2.34. The SMILES string of the molecule is N#Cc1ccc(Oc2ncc(F)cn2)c(N)c1. The van der Waals surface area contributed by atoms with Crippen LogP contribution in [0.1, 0.15) is 5.56 Å². The summed E-state index contributed by atoms with van der Waals surface area (Å²) in [5.41, 5.74) is 6.38. The standard InChI is InChI=1S/C11H7FN4O/c12-8-5-15-11(16-6-8)17-10-2-1-7(4-13)3-9(10)14/h1-3,5-6H,14H2. The maximum Gasteiger partial charge on any atom is 0.322 e. The molecule has 0 amide bonds. The summed E-state index contributed by atoms with van der Waals surface area (Å²) < 4.78 is 17.8. The number of ether oxygens (including phenoxy) is 1. The van der Waals surface area contributed by atoms with Gasteiger partial charge in [-0.2, -0.15) is 5.26 Å². The number of nitriles is 1. The fraction of sp³-hybridized carbons (Fsp3) is 0. The van der Waals surface area contributed by atoms with Crippen LogP contribution in [0.4, 0.5) is 10.1 Å². The Hall–Kier alpha value is -2.68. The van der Waals surface area contributed by atoms with E-state index in [4.69, 9.17) is 15.7 Å². The van der Waals surface area contributed by atoms with Crippen molar-refractivity contribution in [2.75, 3.05) is 5.73 Å². The van der Waals surface area contributed by atoms with E-state index in [-0.39, 0.29) is 11.7 Å². The molecule has 0 atom stereocenters. The third kappa shape index (κ3) is 2.46. The molecule has 0 spiro atoms. The van der Waals surface area contributed by atoms with E-state index in [1.54, 1.807) is 6.07 Å². The van der Waals surface area contributed by atoms with E-state index < -0.39 is 5.82 Å². The highest BCUT2D eigenvalue weighted by Crippen LogP contribution is 2.25. The molecule has 0 bridgehead atoms. The molecule has 2 rings (SSSR count). The van der Waals surface area contributed by atoms with Crippen molar-refractivity contribution < 1.29 is 9.13 Å². The Morgan fingerprint density at radius 3 is 2.59 bits per heavy atom. The summed E-state index contributed by atoms with van der Waals surface area (Å²) in [5, 5.41) is 8.66. The number of rotatable bonds is 2. The molecular weight excluding hydrogens is 223 g/mol. The Kier molecular flexibility index (Phi) is 2.83. The van der Waals surface area contributed by atoms with Crippen LogP contribution in [0.3, 0.4) is 0 Å². The van der Waals surface area contributed by atoms with Crippen molar-refractivity contribution in [3.63, 3.8) is 0 Å². The zero-order chi connectivity index (χ0) is 12.3. The zero-order valence-corrected chi connectivity index (χ0v) is 8.59. The van der Waals surface area contributed by atoms with Crippen LogP contribution in [-0.2, 0) is 0 Å². The van der Waals surface area contributed by atoms with E-state index in [0.717, 1.165) is 12.4 Å². The summed E-state index contributed by atoms with van der Waals surface area (Å²) in [4.78, 5) is 7.26. The maximum atomic E-state index is 12.6. The Balaban J connectivity index is 2.25. The second-order valence-electron chi connectivity index (χ2n) is 3.15. The first-order chi connectivity index (χ1) is 8.19. The van der Waals surface area contributed by atoms with Gasteiger partial charge in [-0.1, -0.05) is 0 Å². The van der Waals surface area contributed by atoms with Crippen molar-refractivity contribution in [1.82, 2.24) is 9.97 Å². The molecule has 84 valence electrons. The van der Waals surface area contributed by atoms with Gasteiger partial charge >= 0.3 is 6.01 Å². The molecule has 0 saturated heterocycles. The quantitative estimate of drug-likeness (QED) is 0.796. The zero-order valence-electron chi connectivity index (χ0n) is 8.59. The molecule has 0 aliphatic heterocycles. The molecule has 6 heteroatoms. The van der Waals surface area contributed by atoms with Crippen molar-refractivity contribution in [2.45, 2.75) is 0 Å². The minimum Gasteiger partial charge on any atom is -0.422 e. The lowest BCUT2D eigenvalue weighted by atomic mass is 10.2. The molecule has 2 N–H and O–H groups in total. The lowest BCUT2D eigenvalue weighted by Gasteiger charge is -2.06. The van der Waals surface area contributed by atoms with Crippen molar-refractivity contribution in [3.8, 4) is 17.8 Å². The van der Waals surface area contributed by atoms with Crippen LogP contribution in [0.2, 0.25) is 0 Å². The lowest BCUT2D eigenvalue weighted by Crippen LogP contribution is -1.96. The van der Waals surface area contributed by atoms with E-state index in [0.29, 0.717) is 11.3 Å². The molecule has 0 aliphatic carbocycles. The van der Waals surface area contributed by atoms with Gasteiger partial charge in [0.25, 0.3) is 0 Å². The Morgan fingerprint density at radius 2 is 2.00 bits per heavy atom. The molecule has 0 unspecified atom stereocenters. The van der Waals surface area contributed by atoms with Crippen molar-refractivity contribution in [1.29, 1.82) is 5.26 Å². The first-order valence-electron chi connectivity index (χ1n) is 4.64. The molecule has 1 heterocycles. The third-order valence-corrected chi connectivity index (χ3v) is 1.94. The summed E-state index contributed by atoms with van der Waals surface area (Å²) in [6, 6.07) is 6.49. The fourth-order valence-electron chi connectivity index (χ4n) is 1.16. The van der Waals surface area contributed by atoms with E-state index in [1.807, 2.05) is 6.07 Å². The van der Waals surface area contributed by atoms with Gasteiger partial charge in [0.15, 0.2) is 11.6 Å². The minimum absolute atomic E-state index is 0.0113. The molecule has 5 nitrogen and oxygen atoms in total. The number of anilines is 1. The predicted molar refractivity (Wildman–Crippen MR) is 57.6 cm³/mol. The van der Waals surface area contributed by atoms with Crippen LogP contribution < -0.4 is 10.5 Å². The number of hydrogen-bond donors (Lipinski definition) is 1. The fourth-order valence-corrected chi connectivity index (χ4v) is 1.16. The first-order valence-corrected chi connectivity index (χ1v) is 4.64. The van der Waals surface area contributed by atoms with Crippen LogP contribution in [0.5, 0.6) is 11.8 Å². The second kappa shape index (κ2) is 4.45. The minimum atomic E-state index is -0.551. The maximum absolute atomic E-state index is 12.6. The third-order valence-electron chi connectivity index (χ3n) is 1.94. The highest BCUT2D eigenvalue weighted by molar-refractivity contribution is 5.57. The smallest absolute Gasteiger partial charge is 0.322 e. The predicted octanol–water partition coefficient (Wildman–Crippen LogP) is 1.86. The highest BCUT2D eigenvalue weighted by atomic mass is 19.1. The Morgan fingerprint density at radius 1 is 1.29 bits per heavy atom. The van der Waals surface area contributed by atoms with Gasteiger partial charge in [0.05, 0.1) is 29.7 Å². The molecule has 0 aliphatic rings. The number of nitrogens with two attached hydrogens (primary N) is 1. The van der Waals surface area contributed by atoms with Crippen LogP contribution in [-0.4, -0.2) is 9.97 Å². The molecule has 1 aromatic carbocycles. The van der Waals surface area contributed by atoms with E-state index in [9.17, 15) is 4.39 Å². The van der Waals surface area contributed by atoms with Crippen molar-refractivity contribution in [3.05, 3.63) is 42.0 Å². The molecule has 0 saturated carbocycles. The van der Waals surface area contributed by atoms with Gasteiger partial charge in [-0.25, -0.2) is 14.4 Å².